The second-order valence-electron chi connectivity index (χ2n) is 7.92. The van der Waals surface area contributed by atoms with Crippen LogP contribution >= 0.6 is 11.6 Å². The molecule has 0 saturated heterocycles. The molecule has 1 atom stereocenters. The maximum atomic E-state index is 12.5. The van der Waals surface area contributed by atoms with Crippen molar-refractivity contribution in [3.05, 3.63) is 29.2 Å². The van der Waals surface area contributed by atoms with Crippen LogP contribution in [0.3, 0.4) is 0 Å². The minimum absolute atomic E-state index is 0.271. The van der Waals surface area contributed by atoms with Crippen molar-refractivity contribution >= 4 is 23.2 Å². The van der Waals surface area contributed by atoms with Crippen LogP contribution in [0.4, 0.5) is 0 Å². The van der Waals surface area contributed by atoms with Crippen molar-refractivity contribution in [3.8, 4) is 0 Å². The van der Waals surface area contributed by atoms with Gasteiger partial charge in [-0.15, -0.1) is 10.2 Å². The van der Waals surface area contributed by atoms with E-state index in [1.807, 2.05) is 0 Å². The van der Waals surface area contributed by atoms with Gasteiger partial charge < -0.3 is 15.8 Å². The first-order valence-corrected chi connectivity index (χ1v) is 9.90. The molecule has 2 heterocycles. The molecule has 1 fully saturated rings. The highest BCUT2D eigenvalue weighted by atomic mass is 35.5. The molecular formula is C19H28ClN5O2. The zero-order chi connectivity index (χ0) is 19.4. The number of nitrogens with one attached hydrogen (secondary N) is 1. The van der Waals surface area contributed by atoms with Gasteiger partial charge in [0.25, 0.3) is 0 Å². The summed E-state index contributed by atoms with van der Waals surface area (Å²) in [6.45, 7) is 4.34. The largest absolute Gasteiger partial charge is 0.379 e. The summed E-state index contributed by atoms with van der Waals surface area (Å²) in [6, 6.07) is 3.08. The van der Waals surface area contributed by atoms with Crippen molar-refractivity contribution in [3.63, 3.8) is 0 Å². The number of carbonyl (C=O) groups excluding carboxylic acids is 1. The van der Waals surface area contributed by atoms with Gasteiger partial charge in [0.1, 0.15) is 6.04 Å². The standard InChI is InChI=1S/C19H28ClN5O2/c1-19(2,21)18(26)22-15(12-27-11-13-6-4-3-5-7-13)17-24-23-16-9-8-14(20)10-25(16)17/h8-10,13,15H,3-7,11-12,21H2,1-2H3,(H,22,26)/t15-/m1/s1. The quantitative estimate of drug-likeness (QED) is 0.754. The van der Waals surface area contributed by atoms with E-state index in [1.165, 1.54) is 32.1 Å². The zero-order valence-corrected chi connectivity index (χ0v) is 16.7. The lowest BCUT2D eigenvalue weighted by molar-refractivity contribution is -0.126. The molecule has 8 heteroatoms. The lowest BCUT2D eigenvalue weighted by atomic mass is 9.90. The molecule has 2 aromatic rings. The third-order valence-electron chi connectivity index (χ3n) is 4.96. The zero-order valence-electron chi connectivity index (χ0n) is 15.9. The summed E-state index contributed by atoms with van der Waals surface area (Å²) < 4.78 is 7.76. The second-order valence-corrected chi connectivity index (χ2v) is 8.36. The summed E-state index contributed by atoms with van der Waals surface area (Å²) in [6.07, 6.45) is 7.99. The van der Waals surface area contributed by atoms with Gasteiger partial charge in [0.15, 0.2) is 11.5 Å². The Hall–Kier alpha value is -1.70. The van der Waals surface area contributed by atoms with E-state index in [0.717, 1.165) is 0 Å². The van der Waals surface area contributed by atoms with E-state index in [1.54, 1.807) is 36.6 Å². The molecule has 0 aromatic carbocycles. The number of hydrogen-bond acceptors (Lipinski definition) is 5. The number of aromatic nitrogens is 3. The van der Waals surface area contributed by atoms with Crippen molar-refractivity contribution in [2.75, 3.05) is 13.2 Å². The van der Waals surface area contributed by atoms with E-state index in [4.69, 9.17) is 22.1 Å². The molecule has 1 amide bonds. The van der Waals surface area contributed by atoms with Crippen molar-refractivity contribution in [2.24, 2.45) is 11.7 Å². The highest BCUT2D eigenvalue weighted by molar-refractivity contribution is 6.30. The third kappa shape index (κ3) is 5.18. The maximum absolute atomic E-state index is 12.5. The number of amides is 1. The van der Waals surface area contributed by atoms with Crippen LogP contribution in [0.15, 0.2) is 18.3 Å². The lowest BCUT2D eigenvalue weighted by Crippen LogP contribution is -2.51. The molecule has 0 aliphatic heterocycles. The molecule has 1 aliphatic carbocycles. The topological polar surface area (TPSA) is 94.5 Å². The van der Waals surface area contributed by atoms with Crippen LogP contribution in [0, 0.1) is 5.92 Å². The van der Waals surface area contributed by atoms with E-state index >= 15 is 0 Å². The smallest absolute Gasteiger partial charge is 0.240 e. The first-order valence-electron chi connectivity index (χ1n) is 9.52. The molecule has 27 heavy (non-hydrogen) atoms. The molecule has 2 aromatic heterocycles. The molecule has 0 spiro atoms. The molecule has 3 N–H and O–H groups in total. The molecule has 148 valence electrons. The summed E-state index contributed by atoms with van der Waals surface area (Å²) in [5.74, 6) is 0.895. The van der Waals surface area contributed by atoms with Gasteiger partial charge >= 0.3 is 0 Å². The molecule has 1 aliphatic rings. The highest BCUT2D eigenvalue weighted by Gasteiger charge is 2.28. The lowest BCUT2D eigenvalue weighted by Gasteiger charge is -2.25. The average Bonchev–Trinajstić information content (AvgIpc) is 3.03. The summed E-state index contributed by atoms with van der Waals surface area (Å²) in [5.41, 5.74) is 5.61. The van der Waals surface area contributed by atoms with Gasteiger partial charge in [-0.3, -0.25) is 9.20 Å². The number of pyridine rings is 1. The van der Waals surface area contributed by atoms with E-state index in [9.17, 15) is 4.79 Å². The third-order valence-corrected chi connectivity index (χ3v) is 5.18. The highest BCUT2D eigenvalue weighted by Crippen LogP contribution is 2.24. The van der Waals surface area contributed by atoms with Crippen LogP contribution in [0.25, 0.3) is 5.65 Å². The SMILES string of the molecule is CC(C)(N)C(=O)N[C@H](COCC1CCCCC1)c1nnc2ccc(Cl)cn12. The summed E-state index contributed by atoms with van der Waals surface area (Å²) >= 11 is 6.12. The van der Waals surface area contributed by atoms with Crippen molar-refractivity contribution in [2.45, 2.75) is 57.5 Å². The van der Waals surface area contributed by atoms with Gasteiger partial charge in [-0.05, 0) is 44.7 Å². The normalized spacial score (nSPS) is 17.2. The Labute approximate surface area is 164 Å². The van der Waals surface area contributed by atoms with Crippen LogP contribution in [0.2, 0.25) is 5.02 Å². The van der Waals surface area contributed by atoms with Crippen molar-refractivity contribution in [1.29, 1.82) is 0 Å². The Bertz CT molecular complexity index is 780. The van der Waals surface area contributed by atoms with Crippen LogP contribution in [-0.2, 0) is 9.53 Å². The first-order chi connectivity index (χ1) is 12.8. The molecule has 3 rings (SSSR count). The van der Waals surface area contributed by atoms with Gasteiger partial charge in [-0.25, -0.2) is 0 Å². The predicted octanol–water partition coefficient (Wildman–Crippen LogP) is 2.87. The monoisotopic (exact) mass is 393 g/mol. The number of carbonyl (C=O) groups is 1. The number of nitrogens with two attached hydrogens (primary N) is 1. The Balaban J connectivity index is 1.76. The number of halogens is 1. The Kier molecular flexibility index (Phi) is 6.34. The minimum atomic E-state index is -1.00. The van der Waals surface area contributed by atoms with E-state index < -0.39 is 11.6 Å². The minimum Gasteiger partial charge on any atom is -0.379 e. The fourth-order valence-electron chi connectivity index (χ4n) is 3.35. The fourth-order valence-corrected chi connectivity index (χ4v) is 3.51. The van der Waals surface area contributed by atoms with E-state index in [0.29, 0.717) is 35.6 Å². The molecule has 0 radical (unpaired) electrons. The predicted molar refractivity (Wildman–Crippen MR) is 105 cm³/mol. The molecule has 0 unspecified atom stereocenters. The summed E-state index contributed by atoms with van der Waals surface area (Å²) in [5, 5.41) is 11.9. The molecular weight excluding hydrogens is 366 g/mol. The Morgan fingerprint density at radius 3 is 2.81 bits per heavy atom. The second kappa shape index (κ2) is 8.54. The van der Waals surface area contributed by atoms with Crippen molar-refractivity contribution < 1.29 is 9.53 Å². The number of hydrogen-bond donors (Lipinski definition) is 2. The van der Waals surface area contributed by atoms with Gasteiger partial charge in [-0.1, -0.05) is 30.9 Å². The van der Waals surface area contributed by atoms with Crippen LogP contribution in [0.1, 0.15) is 57.8 Å². The molecule has 1 saturated carbocycles. The van der Waals surface area contributed by atoms with Gasteiger partial charge in [0, 0.05) is 12.8 Å². The fraction of sp³-hybridized carbons (Fsp3) is 0.632. The number of rotatable bonds is 7. The first kappa shape index (κ1) is 20.0. The Morgan fingerprint density at radius 1 is 1.37 bits per heavy atom. The van der Waals surface area contributed by atoms with E-state index in [2.05, 4.69) is 15.5 Å². The average molecular weight is 394 g/mol. The van der Waals surface area contributed by atoms with Gasteiger partial charge in [0.05, 0.1) is 17.2 Å². The molecule has 0 bridgehead atoms. The number of nitrogens with zero attached hydrogens (tertiary/aromatic N) is 3. The van der Waals surface area contributed by atoms with E-state index in [-0.39, 0.29) is 5.91 Å². The van der Waals surface area contributed by atoms with Crippen LogP contribution in [-0.4, -0.2) is 39.3 Å². The van der Waals surface area contributed by atoms with Gasteiger partial charge in [-0.2, -0.15) is 0 Å². The Morgan fingerprint density at radius 2 is 2.11 bits per heavy atom. The van der Waals surface area contributed by atoms with Crippen LogP contribution in [0.5, 0.6) is 0 Å². The van der Waals surface area contributed by atoms with Crippen molar-refractivity contribution in [1.82, 2.24) is 19.9 Å². The number of ether oxygens (including phenoxy) is 1. The van der Waals surface area contributed by atoms with Gasteiger partial charge in [0.2, 0.25) is 5.91 Å². The summed E-state index contributed by atoms with van der Waals surface area (Å²) in [7, 11) is 0. The molecule has 7 nitrogen and oxygen atoms in total. The summed E-state index contributed by atoms with van der Waals surface area (Å²) in [4.78, 5) is 12.5. The maximum Gasteiger partial charge on any atom is 0.240 e. The number of fused-ring (bicyclic) bond motifs is 1. The van der Waals surface area contributed by atoms with Crippen LogP contribution < -0.4 is 11.1 Å².